The van der Waals surface area contributed by atoms with Crippen LogP contribution in [0, 0.1) is 11.7 Å². The van der Waals surface area contributed by atoms with Crippen LogP contribution in [0.25, 0.3) is 0 Å². The van der Waals surface area contributed by atoms with Crippen LogP contribution in [0.1, 0.15) is 29.6 Å². The van der Waals surface area contributed by atoms with Crippen LogP contribution in [0.2, 0.25) is 0 Å². The summed E-state index contributed by atoms with van der Waals surface area (Å²) in [5, 5.41) is 2.86. The first kappa shape index (κ1) is 12.0. The highest BCUT2D eigenvalue weighted by Crippen LogP contribution is 2.23. The number of amides is 1. The highest BCUT2D eigenvalue weighted by atomic mass is 19.1. The second kappa shape index (κ2) is 5.27. The van der Waals surface area contributed by atoms with E-state index < -0.39 is 0 Å². The van der Waals surface area contributed by atoms with Crippen molar-refractivity contribution in [3.8, 4) is 0 Å². The Morgan fingerprint density at radius 1 is 1.35 bits per heavy atom. The number of hydrogen-bond donors (Lipinski definition) is 2. The number of carbonyl (C=O) groups excluding carboxylic acids is 1. The average molecular weight is 236 g/mol. The lowest BCUT2D eigenvalue weighted by Gasteiger charge is -2.11. The quantitative estimate of drug-likeness (QED) is 0.839. The number of hydrogen-bond acceptors (Lipinski definition) is 2. The van der Waals surface area contributed by atoms with E-state index >= 15 is 0 Å². The Hall–Kier alpha value is -1.42. The highest BCUT2D eigenvalue weighted by Gasteiger charge is 2.22. The lowest BCUT2D eigenvalue weighted by Crippen LogP contribution is -2.29. The second-order valence-electron chi connectivity index (χ2n) is 4.66. The molecule has 17 heavy (non-hydrogen) atoms. The van der Waals surface area contributed by atoms with Gasteiger partial charge in [0.15, 0.2) is 0 Å². The maximum Gasteiger partial charge on any atom is 0.251 e. The summed E-state index contributed by atoms with van der Waals surface area (Å²) < 4.78 is 12.7. The van der Waals surface area contributed by atoms with Crippen molar-refractivity contribution < 1.29 is 9.18 Å². The maximum atomic E-state index is 12.7. The van der Waals surface area contributed by atoms with Crippen molar-refractivity contribution >= 4 is 5.91 Å². The molecule has 0 bridgehead atoms. The fourth-order valence-electron chi connectivity index (χ4n) is 2.24. The Morgan fingerprint density at radius 2 is 2.06 bits per heavy atom. The number of halogens is 1. The molecule has 0 aliphatic heterocycles. The smallest absolute Gasteiger partial charge is 0.251 e. The Bertz CT molecular complexity index is 391. The van der Waals surface area contributed by atoms with E-state index in [9.17, 15) is 9.18 Å². The molecule has 3 nitrogen and oxygen atoms in total. The second-order valence-corrected chi connectivity index (χ2v) is 4.66. The number of nitrogens with one attached hydrogen (secondary N) is 1. The highest BCUT2D eigenvalue weighted by molar-refractivity contribution is 5.94. The first-order valence-corrected chi connectivity index (χ1v) is 5.94. The molecule has 0 aromatic heterocycles. The third-order valence-corrected chi connectivity index (χ3v) is 3.24. The molecule has 1 aromatic rings. The molecule has 0 spiro atoms. The standard InChI is InChI=1S/C13H17FN2O/c14-11-4-2-10(3-5-11)13(17)16-8-9-1-6-12(15)7-9/h2-5,9,12H,1,6-8,15H2,(H,16,17). The van der Waals surface area contributed by atoms with Crippen molar-refractivity contribution in [2.75, 3.05) is 6.54 Å². The summed E-state index contributed by atoms with van der Waals surface area (Å²) in [5.74, 6) is 0.00295. The first-order chi connectivity index (χ1) is 8.15. The van der Waals surface area contributed by atoms with Gasteiger partial charge < -0.3 is 11.1 Å². The molecule has 1 aromatic carbocycles. The molecule has 2 atom stereocenters. The Morgan fingerprint density at radius 3 is 2.65 bits per heavy atom. The molecule has 2 unspecified atom stereocenters. The van der Waals surface area contributed by atoms with E-state index in [2.05, 4.69) is 5.32 Å². The molecule has 1 saturated carbocycles. The molecule has 1 amide bonds. The molecule has 92 valence electrons. The van der Waals surface area contributed by atoms with E-state index in [1.165, 1.54) is 24.3 Å². The molecule has 1 aliphatic rings. The summed E-state index contributed by atoms with van der Waals surface area (Å²) >= 11 is 0. The minimum absolute atomic E-state index is 0.148. The average Bonchev–Trinajstić information content (AvgIpc) is 2.73. The van der Waals surface area contributed by atoms with Crippen molar-refractivity contribution in [3.05, 3.63) is 35.6 Å². The number of benzene rings is 1. The van der Waals surface area contributed by atoms with Crippen LogP contribution in [0.5, 0.6) is 0 Å². The monoisotopic (exact) mass is 236 g/mol. The van der Waals surface area contributed by atoms with Gasteiger partial charge in [-0.05, 0) is 49.4 Å². The fourth-order valence-corrected chi connectivity index (χ4v) is 2.24. The molecule has 1 aliphatic carbocycles. The van der Waals surface area contributed by atoms with Gasteiger partial charge in [0.05, 0.1) is 0 Å². The normalized spacial score (nSPS) is 23.6. The summed E-state index contributed by atoms with van der Waals surface area (Å²) in [6.45, 7) is 0.657. The van der Waals surface area contributed by atoms with Crippen molar-refractivity contribution in [1.82, 2.24) is 5.32 Å². The summed E-state index contributed by atoms with van der Waals surface area (Å²) in [4.78, 5) is 11.7. The van der Waals surface area contributed by atoms with Gasteiger partial charge in [0.2, 0.25) is 0 Å². The third kappa shape index (κ3) is 3.27. The van der Waals surface area contributed by atoms with Crippen molar-refractivity contribution in [1.29, 1.82) is 0 Å². The van der Waals surface area contributed by atoms with Crippen LogP contribution in [0.4, 0.5) is 4.39 Å². The van der Waals surface area contributed by atoms with E-state index in [4.69, 9.17) is 5.73 Å². The maximum absolute atomic E-state index is 12.7. The van der Waals surface area contributed by atoms with Gasteiger partial charge in [-0.2, -0.15) is 0 Å². The van der Waals surface area contributed by atoms with Crippen LogP contribution in [-0.2, 0) is 0 Å². The van der Waals surface area contributed by atoms with Gasteiger partial charge in [0.25, 0.3) is 5.91 Å². The predicted octanol–water partition coefficient (Wildman–Crippen LogP) is 1.68. The molecule has 1 fully saturated rings. The SMILES string of the molecule is NC1CCC(CNC(=O)c2ccc(F)cc2)C1. The zero-order valence-corrected chi connectivity index (χ0v) is 9.66. The molecule has 0 radical (unpaired) electrons. The van der Waals surface area contributed by atoms with Crippen LogP contribution in [0.15, 0.2) is 24.3 Å². The predicted molar refractivity (Wildman–Crippen MR) is 64.0 cm³/mol. The molecule has 0 heterocycles. The van der Waals surface area contributed by atoms with E-state index in [-0.39, 0.29) is 17.8 Å². The van der Waals surface area contributed by atoms with E-state index in [0.29, 0.717) is 18.0 Å². The van der Waals surface area contributed by atoms with Gasteiger partial charge in [0.1, 0.15) is 5.82 Å². The van der Waals surface area contributed by atoms with Gasteiger partial charge >= 0.3 is 0 Å². The fraction of sp³-hybridized carbons (Fsp3) is 0.462. The van der Waals surface area contributed by atoms with Crippen LogP contribution < -0.4 is 11.1 Å². The molecule has 2 rings (SSSR count). The first-order valence-electron chi connectivity index (χ1n) is 5.94. The van der Waals surface area contributed by atoms with Gasteiger partial charge in [-0.3, -0.25) is 4.79 Å². The van der Waals surface area contributed by atoms with E-state index in [1.807, 2.05) is 0 Å². The minimum Gasteiger partial charge on any atom is -0.352 e. The molecular weight excluding hydrogens is 219 g/mol. The lowest BCUT2D eigenvalue weighted by atomic mass is 10.1. The molecular formula is C13H17FN2O. The van der Waals surface area contributed by atoms with Crippen LogP contribution in [0.3, 0.4) is 0 Å². The van der Waals surface area contributed by atoms with Gasteiger partial charge in [-0.15, -0.1) is 0 Å². The summed E-state index contributed by atoms with van der Waals surface area (Å²) in [5.41, 5.74) is 6.30. The summed E-state index contributed by atoms with van der Waals surface area (Å²) in [7, 11) is 0. The Balaban J connectivity index is 1.83. The van der Waals surface area contributed by atoms with E-state index in [0.717, 1.165) is 19.3 Å². The van der Waals surface area contributed by atoms with Gasteiger partial charge in [-0.25, -0.2) is 4.39 Å². The van der Waals surface area contributed by atoms with Gasteiger partial charge in [-0.1, -0.05) is 0 Å². The Kier molecular flexibility index (Phi) is 3.74. The summed E-state index contributed by atoms with van der Waals surface area (Å²) in [6, 6.07) is 5.85. The molecule has 3 N–H and O–H groups in total. The largest absolute Gasteiger partial charge is 0.352 e. The van der Waals surface area contributed by atoms with Crippen molar-refractivity contribution in [2.45, 2.75) is 25.3 Å². The zero-order chi connectivity index (χ0) is 12.3. The van der Waals surface area contributed by atoms with Crippen LogP contribution >= 0.6 is 0 Å². The minimum atomic E-state index is -0.330. The molecule has 0 saturated heterocycles. The van der Waals surface area contributed by atoms with Gasteiger partial charge in [0, 0.05) is 18.2 Å². The van der Waals surface area contributed by atoms with Crippen molar-refractivity contribution in [3.63, 3.8) is 0 Å². The number of nitrogens with two attached hydrogens (primary N) is 1. The number of rotatable bonds is 3. The lowest BCUT2D eigenvalue weighted by molar-refractivity contribution is 0.0947. The topological polar surface area (TPSA) is 55.1 Å². The van der Waals surface area contributed by atoms with Crippen molar-refractivity contribution in [2.24, 2.45) is 11.7 Å². The molecule has 4 heteroatoms. The Labute approximate surface area is 100 Å². The zero-order valence-electron chi connectivity index (χ0n) is 9.66. The summed E-state index contributed by atoms with van der Waals surface area (Å²) in [6.07, 6.45) is 3.09. The van der Waals surface area contributed by atoms with Crippen LogP contribution in [-0.4, -0.2) is 18.5 Å². The third-order valence-electron chi connectivity index (χ3n) is 3.24. The number of carbonyl (C=O) groups is 1. The van der Waals surface area contributed by atoms with E-state index in [1.54, 1.807) is 0 Å².